The average molecular weight is 461 g/mol. The maximum absolute atomic E-state index is 14.1. The van der Waals surface area contributed by atoms with E-state index in [0.29, 0.717) is 44.9 Å². The topological polar surface area (TPSA) is 64.2 Å². The van der Waals surface area contributed by atoms with Crippen molar-refractivity contribution in [2.75, 3.05) is 0 Å². The largest absolute Gasteiger partial charge is 0.480 e. The molecular formula is C23H16ClF3N2O3. The summed E-state index contributed by atoms with van der Waals surface area (Å²) in [6.07, 6.45) is 1.47. The lowest BCUT2D eigenvalue weighted by Crippen LogP contribution is -2.20. The van der Waals surface area contributed by atoms with Gasteiger partial charge in [0.2, 0.25) is 0 Å². The third-order valence-electron chi connectivity index (χ3n) is 5.28. The molecule has 2 heterocycles. The van der Waals surface area contributed by atoms with Gasteiger partial charge in [0.1, 0.15) is 12.4 Å². The maximum Gasteiger partial charge on any atom is 0.323 e. The van der Waals surface area contributed by atoms with E-state index in [1.54, 1.807) is 35.8 Å². The number of carboxylic acids is 1. The van der Waals surface area contributed by atoms with E-state index in [1.807, 2.05) is 0 Å². The lowest BCUT2D eigenvalue weighted by Gasteiger charge is -2.11. The molecule has 0 aliphatic heterocycles. The molecule has 0 aliphatic rings. The van der Waals surface area contributed by atoms with Crippen LogP contribution >= 0.6 is 11.6 Å². The van der Waals surface area contributed by atoms with Crippen LogP contribution in [0.5, 0.6) is 0 Å². The number of hydrogen-bond donors (Lipinski definition) is 1. The molecule has 0 bridgehead atoms. The maximum atomic E-state index is 14.1. The van der Waals surface area contributed by atoms with Crippen molar-refractivity contribution in [2.24, 2.45) is 0 Å². The average Bonchev–Trinajstić information content (AvgIpc) is 2.98. The summed E-state index contributed by atoms with van der Waals surface area (Å²) in [4.78, 5) is 23.8. The summed E-state index contributed by atoms with van der Waals surface area (Å²) in [5, 5.41) is 10.4. The molecule has 4 rings (SSSR count). The van der Waals surface area contributed by atoms with Crippen LogP contribution in [0.1, 0.15) is 11.3 Å². The first kappa shape index (κ1) is 21.7. The van der Waals surface area contributed by atoms with Gasteiger partial charge in [0.15, 0.2) is 11.6 Å². The van der Waals surface area contributed by atoms with Crippen molar-refractivity contribution in [3.63, 3.8) is 0 Å². The second-order valence-corrected chi connectivity index (χ2v) is 7.78. The van der Waals surface area contributed by atoms with Crippen LogP contribution in [0.3, 0.4) is 0 Å². The van der Waals surface area contributed by atoms with Gasteiger partial charge in [-0.25, -0.2) is 13.2 Å². The Bertz CT molecular complexity index is 1440. The summed E-state index contributed by atoms with van der Waals surface area (Å²) in [5.74, 6) is -4.52. The fourth-order valence-electron chi connectivity index (χ4n) is 3.83. The molecule has 5 nitrogen and oxygen atoms in total. The number of carbonyl (C=O) groups is 1. The minimum absolute atomic E-state index is 0.184. The molecule has 0 atom stereocenters. The zero-order chi connectivity index (χ0) is 23.2. The predicted molar refractivity (Wildman–Crippen MR) is 114 cm³/mol. The second kappa shape index (κ2) is 8.20. The zero-order valence-electron chi connectivity index (χ0n) is 16.7. The van der Waals surface area contributed by atoms with Gasteiger partial charge in [0.05, 0.1) is 6.54 Å². The molecule has 4 aromatic rings. The van der Waals surface area contributed by atoms with Crippen LogP contribution in [0.15, 0.2) is 53.5 Å². The van der Waals surface area contributed by atoms with Gasteiger partial charge >= 0.3 is 5.97 Å². The number of benzene rings is 2. The van der Waals surface area contributed by atoms with Crippen LogP contribution in [0.2, 0.25) is 5.02 Å². The number of fused-ring (bicyclic) bond motifs is 1. The van der Waals surface area contributed by atoms with Crippen molar-refractivity contribution >= 4 is 28.5 Å². The fraction of sp³-hybridized carbons (Fsp3) is 0.130. The van der Waals surface area contributed by atoms with Crippen LogP contribution in [0.4, 0.5) is 13.2 Å². The molecule has 164 valence electrons. The first-order valence-electron chi connectivity index (χ1n) is 9.50. The smallest absolute Gasteiger partial charge is 0.323 e. The van der Waals surface area contributed by atoms with Gasteiger partial charge in [-0.05, 0) is 37.3 Å². The molecule has 2 aromatic heterocycles. The molecule has 0 saturated carbocycles. The number of nitrogens with zero attached hydrogens (tertiary/aromatic N) is 2. The van der Waals surface area contributed by atoms with Gasteiger partial charge in [-0.1, -0.05) is 11.6 Å². The summed E-state index contributed by atoms with van der Waals surface area (Å²) in [6.45, 7) is 1.16. The summed E-state index contributed by atoms with van der Waals surface area (Å²) < 4.78 is 43.7. The number of carboxylic acid groups (broad SMARTS) is 1. The highest BCUT2D eigenvalue weighted by Crippen LogP contribution is 2.36. The minimum atomic E-state index is -1.31. The van der Waals surface area contributed by atoms with E-state index in [1.165, 1.54) is 16.8 Å². The molecule has 32 heavy (non-hydrogen) atoms. The predicted octanol–water partition coefficient (Wildman–Crippen LogP) is 4.98. The van der Waals surface area contributed by atoms with E-state index in [-0.39, 0.29) is 18.7 Å². The lowest BCUT2D eigenvalue weighted by atomic mass is 10.0. The number of aliphatic carboxylic acids is 1. The molecule has 0 spiro atoms. The fourth-order valence-corrected chi connectivity index (χ4v) is 4.00. The van der Waals surface area contributed by atoms with Gasteiger partial charge in [0.25, 0.3) is 5.56 Å². The number of aromatic nitrogens is 2. The Morgan fingerprint density at radius 3 is 2.47 bits per heavy atom. The van der Waals surface area contributed by atoms with Gasteiger partial charge in [-0.2, -0.15) is 0 Å². The molecule has 0 aliphatic carbocycles. The van der Waals surface area contributed by atoms with Gasteiger partial charge in [0, 0.05) is 56.6 Å². The van der Waals surface area contributed by atoms with Crippen LogP contribution in [0.25, 0.3) is 22.0 Å². The van der Waals surface area contributed by atoms with Crippen molar-refractivity contribution in [3.05, 3.63) is 92.7 Å². The first-order valence-corrected chi connectivity index (χ1v) is 9.88. The third-order valence-corrected chi connectivity index (χ3v) is 5.52. The van der Waals surface area contributed by atoms with Crippen molar-refractivity contribution in [1.29, 1.82) is 0 Å². The molecule has 0 amide bonds. The highest BCUT2D eigenvalue weighted by molar-refractivity contribution is 6.31. The van der Waals surface area contributed by atoms with Crippen molar-refractivity contribution in [1.82, 2.24) is 9.13 Å². The summed E-state index contributed by atoms with van der Waals surface area (Å²) >= 11 is 6.17. The number of rotatable bonds is 5. The Morgan fingerprint density at radius 1 is 1.03 bits per heavy atom. The van der Waals surface area contributed by atoms with Crippen molar-refractivity contribution < 1.29 is 23.1 Å². The standard InChI is InChI=1S/C23H16ClF3N2O3/c1-12-23(16-7-15(24)3-4-20(16)29(12)11-22(31)32)13-2-5-21(30)28(9-13)10-14-6-18(26)19(27)8-17(14)25/h2-9H,10-11H2,1H3,(H,31,32). The number of hydrogen-bond acceptors (Lipinski definition) is 2. The summed E-state index contributed by atoms with van der Waals surface area (Å²) in [6, 6.07) is 9.05. The number of pyridine rings is 1. The zero-order valence-corrected chi connectivity index (χ0v) is 17.5. The highest BCUT2D eigenvalue weighted by atomic mass is 35.5. The Hall–Kier alpha value is -3.52. The van der Waals surface area contributed by atoms with Gasteiger partial charge in [-0.3, -0.25) is 9.59 Å². The van der Waals surface area contributed by atoms with Gasteiger partial charge < -0.3 is 14.2 Å². The SMILES string of the molecule is Cc1c(-c2ccc(=O)n(Cc3cc(F)c(F)cc3F)c2)c2cc(Cl)ccc2n1CC(=O)O. The summed E-state index contributed by atoms with van der Waals surface area (Å²) in [5.41, 5.74) is 1.84. The molecule has 1 N–H and O–H groups in total. The highest BCUT2D eigenvalue weighted by Gasteiger charge is 2.19. The summed E-state index contributed by atoms with van der Waals surface area (Å²) in [7, 11) is 0. The van der Waals surface area contributed by atoms with E-state index < -0.39 is 29.0 Å². The Balaban J connectivity index is 1.88. The molecule has 9 heteroatoms. The van der Waals surface area contributed by atoms with Crippen molar-refractivity contribution in [2.45, 2.75) is 20.0 Å². The van der Waals surface area contributed by atoms with E-state index >= 15 is 0 Å². The Labute approximate surface area is 184 Å². The Morgan fingerprint density at radius 2 is 1.75 bits per heavy atom. The molecule has 2 aromatic carbocycles. The second-order valence-electron chi connectivity index (χ2n) is 7.34. The van der Waals surface area contributed by atoms with E-state index in [9.17, 15) is 27.9 Å². The third kappa shape index (κ3) is 3.89. The normalized spacial score (nSPS) is 11.3. The van der Waals surface area contributed by atoms with Crippen LogP contribution in [0, 0.1) is 24.4 Å². The van der Waals surface area contributed by atoms with Crippen molar-refractivity contribution in [3.8, 4) is 11.1 Å². The Kier molecular flexibility index (Phi) is 5.56. The number of halogens is 4. The van der Waals surface area contributed by atoms with Crippen LogP contribution < -0.4 is 5.56 Å². The quantitative estimate of drug-likeness (QED) is 0.427. The van der Waals surface area contributed by atoms with Gasteiger partial charge in [-0.15, -0.1) is 0 Å². The van der Waals surface area contributed by atoms with E-state index in [2.05, 4.69) is 0 Å². The van der Waals surface area contributed by atoms with Crippen LogP contribution in [-0.4, -0.2) is 20.2 Å². The minimum Gasteiger partial charge on any atom is -0.480 e. The van der Waals surface area contributed by atoms with E-state index in [4.69, 9.17) is 11.6 Å². The molecule has 0 fully saturated rings. The van der Waals surface area contributed by atoms with E-state index in [0.717, 1.165) is 0 Å². The van der Waals surface area contributed by atoms with Crippen LogP contribution in [-0.2, 0) is 17.9 Å². The molecule has 0 saturated heterocycles. The first-order chi connectivity index (χ1) is 15.2. The monoisotopic (exact) mass is 460 g/mol. The molecule has 0 unspecified atom stereocenters. The molecule has 0 radical (unpaired) electrons. The molecular weight excluding hydrogens is 445 g/mol. The lowest BCUT2D eigenvalue weighted by molar-refractivity contribution is -0.137.